The van der Waals surface area contributed by atoms with Crippen molar-refractivity contribution in [1.29, 1.82) is 0 Å². The van der Waals surface area contributed by atoms with Crippen molar-refractivity contribution in [2.45, 2.75) is 44.7 Å². The summed E-state index contributed by atoms with van der Waals surface area (Å²) in [6.45, 7) is 5.35. The second-order valence-corrected chi connectivity index (χ2v) is 6.15. The monoisotopic (exact) mass is 273 g/mol. The summed E-state index contributed by atoms with van der Waals surface area (Å²) in [4.78, 5) is 5.24. The van der Waals surface area contributed by atoms with Crippen molar-refractivity contribution in [3.63, 3.8) is 0 Å². The summed E-state index contributed by atoms with van der Waals surface area (Å²) in [5.74, 6) is 0. The van der Waals surface area contributed by atoms with Gasteiger partial charge in [0, 0.05) is 44.5 Å². The molecule has 1 saturated carbocycles. The highest BCUT2D eigenvalue weighted by molar-refractivity contribution is 5.54. The molecule has 0 radical (unpaired) electrons. The van der Waals surface area contributed by atoms with Crippen LogP contribution in [-0.4, -0.2) is 37.1 Å². The largest absolute Gasteiger partial charge is 0.369 e. The first kappa shape index (κ1) is 13.9. The Balaban J connectivity index is 1.60. The molecule has 1 heterocycles. The molecule has 1 aromatic rings. The van der Waals surface area contributed by atoms with Gasteiger partial charge in [0.2, 0.25) is 0 Å². The molecular formula is C17H27N3. The van der Waals surface area contributed by atoms with Crippen LogP contribution in [0.2, 0.25) is 0 Å². The fourth-order valence-corrected chi connectivity index (χ4v) is 3.77. The van der Waals surface area contributed by atoms with Crippen molar-refractivity contribution < 1.29 is 0 Å². The second-order valence-electron chi connectivity index (χ2n) is 6.15. The number of nitrogens with two attached hydrogens (primary N) is 1. The highest BCUT2D eigenvalue weighted by Crippen LogP contribution is 2.26. The normalized spacial score (nSPS) is 22.1. The van der Waals surface area contributed by atoms with Crippen LogP contribution in [0.5, 0.6) is 0 Å². The van der Waals surface area contributed by atoms with Gasteiger partial charge in [-0.2, -0.15) is 0 Å². The standard InChI is InChI=1S/C17H27N3/c18-14-15-6-4-5-9-17(15)20-12-10-19(11-13-20)16-7-2-1-3-8-16/h4-6,9,16H,1-3,7-8,10-14,18H2. The molecule has 1 aliphatic heterocycles. The maximum absolute atomic E-state index is 5.86. The first-order valence-corrected chi connectivity index (χ1v) is 8.15. The predicted octanol–water partition coefficient (Wildman–Crippen LogP) is 2.60. The number of benzene rings is 1. The van der Waals surface area contributed by atoms with Crippen molar-refractivity contribution in [3.05, 3.63) is 29.8 Å². The number of anilines is 1. The maximum Gasteiger partial charge on any atom is 0.0412 e. The first-order chi connectivity index (χ1) is 9.88. The predicted molar refractivity (Wildman–Crippen MR) is 85.0 cm³/mol. The molecule has 2 N–H and O–H groups in total. The molecule has 0 atom stereocenters. The van der Waals surface area contributed by atoms with Crippen LogP contribution in [0, 0.1) is 0 Å². The number of para-hydroxylation sites is 1. The third kappa shape index (κ3) is 2.99. The van der Waals surface area contributed by atoms with Gasteiger partial charge in [0.05, 0.1) is 0 Å². The quantitative estimate of drug-likeness (QED) is 0.919. The summed E-state index contributed by atoms with van der Waals surface area (Å²) in [6.07, 6.45) is 7.14. The minimum absolute atomic E-state index is 0.638. The summed E-state index contributed by atoms with van der Waals surface area (Å²) in [7, 11) is 0. The number of hydrogen-bond acceptors (Lipinski definition) is 3. The molecule has 0 aromatic heterocycles. The van der Waals surface area contributed by atoms with Gasteiger partial charge < -0.3 is 10.6 Å². The Bertz CT molecular complexity index is 418. The molecule has 3 rings (SSSR count). The fourth-order valence-electron chi connectivity index (χ4n) is 3.77. The molecule has 0 amide bonds. The van der Waals surface area contributed by atoms with Crippen LogP contribution in [0.4, 0.5) is 5.69 Å². The lowest BCUT2D eigenvalue weighted by Gasteiger charge is -2.42. The third-order valence-electron chi connectivity index (χ3n) is 4.96. The minimum Gasteiger partial charge on any atom is -0.369 e. The molecule has 3 nitrogen and oxygen atoms in total. The van der Waals surface area contributed by atoms with E-state index in [0.717, 1.165) is 19.1 Å². The zero-order chi connectivity index (χ0) is 13.8. The Kier molecular flexibility index (Phi) is 4.58. The molecule has 1 aromatic carbocycles. The summed E-state index contributed by atoms with van der Waals surface area (Å²) < 4.78 is 0. The average molecular weight is 273 g/mol. The molecule has 1 aliphatic carbocycles. The van der Waals surface area contributed by atoms with Crippen LogP contribution in [0.25, 0.3) is 0 Å². The summed E-state index contributed by atoms with van der Waals surface area (Å²) in [6, 6.07) is 9.45. The van der Waals surface area contributed by atoms with Gasteiger partial charge in [-0.05, 0) is 24.5 Å². The maximum atomic E-state index is 5.86. The van der Waals surface area contributed by atoms with E-state index in [-0.39, 0.29) is 0 Å². The van der Waals surface area contributed by atoms with E-state index in [1.54, 1.807) is 0 Å². The molecule has 0 spiro atoms. The second kappa shape index (κ2) is 6.59. The molecule has 20 heavy (non-hydrogen) atoms. The average Bonchev–Trinajstić information content (AvgIpc) is 2.56. The minimum atomic E-state index is 0.638. The molecular weight excluding hydrogens is 246 g/mol. The zero-order valence-electron chi connectivity index (χ0n) is 12.4. The number of hydrogen-bond donors (Lipinski definition) is 1. The Hall–Kier alpha value is -1.06. The van der Waals surface area contributed by atoms with Gasteiger partial charge in [-0.1, -0.05) is 37.5 Å². The highest BCUT2D eigenvalue weighted by atomic mass is 15.3. The van der Waals surface area contributed by atoms with Crippen molar-refractivity contribution in [3.8, 4) is 0 Å². The Labute approximate surface area is 122 Å². The topological polar surface area (TPSA) is 32.5 Å². The van der Waals surface area contributed by atoms with Gasteiger partial charge in [0.1, 0.15) is 0 Å². The van der Waals surface area contributed by atoms with E-state index in [9.17, 15) is 0 Å². The van der Waals surface area contributed by atoms with Gasteiger partial charge in [-0.15, -0.1) is 0 Å². The Morgan fingerprint density at radius 3 is 2.35 bits per heavy atom. The van der Waals surface area contributed by atoms with Crippen molar-refractivity contribution in [2.75, 3.05) is 31.1 Å². The molecule has 0 bridgehead atoms. The van der Waals surface area contributed by atoms with E-state index in [1.807, 2.05) is 0 Å². The Morgan fingerprint density at radius 2 is 1.65 bits per heavy atom. The Morgan fingerprint density at radius 1 is 0.950 bits per heavy atom. The number of rotatable bonds is 3. The lowest BCUT2D eigenvalue weighted by molar-refractivity contribution is 0.148. The molecule has 2 aliphatic rings. The number of piperazine rings is 1. The van der Waals surface area contributed by atoms with Gasteiger partial charge in [0.15, 0.2) is 0 Å². The van der Waals surface area contributed by atoms with Crippen LogP contribution in [0.1, 0.15) is 37.7 Å². The van der Waals surface area contributed by atoms with Crippen molar-refractivity contribution in [1.82, 2.24) is 4.90 Å². The first-order valence-electron chi connectivity index (χ1n) is 8.15. The highest BCUT2D eigenvalue weighted by Gasteiger charge is 2.25. The van der Waals surface area contributed by atoms with E-state index in [2.05, 4.69) is 34.1 Å². The van der Waals surface area contributed by atoms with Crippen LogP contribution in [-0.2, 0) is 6.54 Å². The molecule has 2 fully saturated rings. The lowest BCUT2D eigenvalue weighted by atomic mass is 9.94. The molecule has 1 saturated heterocycles. The molecule has 110 valence electrons. The molecule has 3 heteroatoms. The summed E-state index contributed by atoms with van der Waals surface area (Å²) in [5, 5.41) is 0. The van der Waals surface area contributed by atoms with E-state index >= 15 is 0 Å². The van der Waals surface area contributed by atoms with E-state index in [4.69, 9.17) is 5.73 Å². The SMILES string of the molecule is NCc1ccccc1N1CCN(C2CCCCC2)CC1. The summed E-state index contributed by atoms with van der Waals surface area (Å²) in [5.41, 5.74) is 8.49. The zero-order valence-corrected chi connectivity index (χ0v) is 12.4. The lowest BCUT2D eigenvalue weighted by Crippen LogP contribution is -2.51. The van der Waals surface area contributed by atoms with E-state index < -0.39 is 0 Å². The summed E-state index contributed by atoms with van der Waals surface area (Å²) >= 11 is 0. The van der Waals surface area contributed by atoms with Gasteiger partial charge in [-0.3, -0.25) is 4.90 Å². The van der Waals surface area contributed by atoms with Crippen LogP contribution < -0.4 is 10.6 Å². The van der Waals surface area contributed by atoms with Crippen molar-refractivity contribution in [2.24, 2.45) is 5.73 Å². The van der Waals surface area contributed by atoms with E-state index in [0.29, 0.717) is 6.54 Å². The van der Waals surface area contributed by atoms with Gasteiger partial charge >= 0.3 is 0 Å². The third-order valence-corrected chi connectivity index (χ3v) is 4.96. The van der Waals surface area contributed by atoms with Gasteiger partial charge in [0.25, 0.3) is 0 Å². The van der Waals surface area contributed by atoms with Crippen LogP contribution in [0.15, 0.2) is 24.3 Å². The fraction of sp³-hybridized carbons (Fsp3) is 0.647. The van der Waals surface area contributed by atoms with Crippen molar-refractivity contribution >= 4 is 5.69 Å². The van der Waals surface area contributed by atoms with Gasteiger partial charge in [-0.25, -0.2) is 0 Å². The van der Waals surface area contributed by atoms with E-state index in [1.165, 1.54) is 56.4 Å². The smallest absolute Gasteiger partial charge is 0.0412 e. The number of nitrogens with zero attached hydrogens (tertiary/aromatic N) is 2. The van der Waals surface area contributed by atoms with Crippen LogP contribution >= 0.6 is 0 Å². The molecule has 0 unspecified atom stereocenters. The van der Waals surface area contributed by atoms with Crippen LogP contribution in [0.3, 0.4) is 0 Å².